The molecule has 0 unspecified atom stereocenters. The molecule has 34 heavy (non-hydrogen) atoms. The largest absolute Gasteiger partial charge is 0.419 e. The Labute approximate surface area is 193 Å². The molecule has 1 fully saturated rings. The third-order valence-electron chi connectivity index (χ3n) is 5.83. The maximum absolute atomic E-state index is 12.7. The lowest BCUT2D eigenvalue weighted by molar-refractivity contribution is -0.138. The van der Waals surface area contributed by atoms with Crippen LogP contribution in [-0.4, -0.2) is 69.7 Å². The number of nitrogens with zero attached hydrogens (tertiary/aromatic N) is 5. The van der Waals surface area contributed by atoms with Crippen molar-refractivity contribution in [2.45, 2.75) is 25.6 Å². The van der Waals surface area contributed by atoms with Crippen molar-refractivity contribution in [1.82, 2.24) is 24.4 Å². The van der Waals surface area contributed by atoms with E-state index in [4.69, 9.17) is 4.74 Å². The number of hydrogen-bond donors (Lipinski definition) is 1. The Morgan fingerprint density at radius 3 is 2.56 bits per heavy atom. The summed E-state index contributed by atoms with van der Waals surface area (Å²) in [4.78, 5) is 38.1. The van der Waals surface area contributed by atoms with Crippen molar-refractivity contribution in [2.75, 3.05) is 44.3 Å². The molecule has 9 nitrogen and oxygen atoms in total. The van der Waals surface area contributed by atoms with Gasteiger partial charge in [-0.3, -0.25) is 9.59 Å². The van der Waals surface area contributed by atoms with Crippen LogP contribution in [0.25, 0.3) is 10.9 Å². The highest BCUT2D eigenvalue weighted by atomic mass is 19.4. The Balaban J connectivity index is 1.20. The minimum atomic E-state index is -4.47. The zero-order valence-electron chi connectivity index (χ0n) is 18.6. The van der Waals surface area contributed by atoms with Gasteiger partial charge < -0.3 is 24.1 Å². The van der Waals surface area contributed by atoms with Crippen molar-refractivity contribution in [1.29, 1.82) is 0 Å². The number of amides is 1. The number of piperazine rings is 1. The number of hydrogen-bond acceptors (Lipinski definition) is 6. The van der Waals surface area contributed by atoms with E-state index in [1.54, 1.807) is 22.1 Å². The third-order valence-corrected chi connectivity index (χ3v) is 5.83. The second kappa shape index (κ2) is 9.84. The summed E-state index contributed by atoms with van der Waals surface area (Å²) in [5.74, 6) is 0.176. The van der Waals surface area contributed by atoms with E-state index >= 15 is 0 Å². The maximum Gasteiger partial charge on any atom is 0.419 e. The highest BCUT2D eigenvalue weighted by Gasteiger charge is 2.32. The molecule has 0 aromatic carbocycles. The van der Waals surface area contributed by atoms with E-state index in [0.29, 0.717) is 38.2 Å². The third kappa shape index (κ3) is 5.22. The topological polar surface area (TPSA) is 96.3 Å². The number of nitrogens with one attached hydrogen (secondary N) is 1. The monoisotopic (exact) mass is 478 g/mol. The van der Waals surface area contributed by atoms with Crippen LogP contribution in [0.4, 0.5) is 19.1 Å². The molecule has 1 amide bonds. The Hall–Kier alpha value is -3.41. The van der Waals surface area contributed by atoms with Crippen molar-refractivity contribution >= 4 is 22.8 Å². The van der Waals surface area contributed by atoms with Gasteiger partial charge in [-0.25, -0.2) is 9.97 Å². The number of anilines is 1. The first-order valence-electron chi connectivity index (χ1n) is 10.9. The van der Waals surface area contributed by atoms with Crippen LogP contribution < -0.4 is 10.5 Å². The van der Waals surface area contributed by atoms with Crippen LogP contribution >= 0.6 is 0 Å². The minimum absolute atomic E-state index is 0.0123. The van der Waals surface area contributed by atoms with Gasteiger partial charge in [0.1, 0.15) is 0 Å². The number of aromatic nitrogens is 4. The van der Waals surface area contributed by atoms with Crippen LogP contribution in [0, 0.1) is 0 Å². The van der Waals surface area contributed by atoms with Crippen LogP contribution in [0.15, 0.2) is 41.7 Å². The highest BCUT2D eigenvalue weighted by Crippen LogP contribution is 2.28. The minimum Gasteiger partial charge on any atom is -0.379 e. The van der Waals surface area contributed by atoms with Crippen LogP contribution in [0.1, 0.15) is 24.9 Å². The normalized spacial score (nSPS) is 15.6. The second-order valence-electron chi connectivity index (χ2n) is 8.14. The van der Waals surface area contributed by atoms with Gasteiger partial charge in [0.05, 0.1) is 42.1 Å². The number of ether oxygens (including phenoxy) is 1. The number of rotatable bonds is 7. The smallest absolute Gasteiger partial charge is 0.379 e. The number of alkyl halides is 3. The average Bonchev–Trinajstić information content (AvgIpc) is 3.27. The molecule has 4 rings (SSSR count). The first-order valence-corrected chi connectivity index (χ1v) is 10.9. The van der Waals surface area contributed by atoms with E-state index in [9.17, 15) is 22.8 Å². The van der Waals surface area contributed by atoms with Crippen LogP contribution in [-0.2, 0) is 15.7 Å². The molecule has 0 radical (unpaired) electrons. The molecular formula is C22H25F3N6O3. The lowest BCUT2D eigenvalue weighted by atomic mass is 10.3. The maximum atomic E-state index is 12.7. The summed E-state index contributed by atoms with van der Waals surface area (Å²) >= 11 is 0. The quantitative estimate of drug-likeness (QED) is 0.524. The molecule has 1 N–H and O–H groups in total. The fourth-order valence-electron chi connectivity index (χ4n) is 3.92. The zero-order valence-corrected chi connectivity index (χ0v) is 18.6. The van der Waals surface area contributed by atoms with Gasteiger partial charge in [0.15, 0.2) is 0 Å². The molecule has 0 bridgehead atoms. The molecule has 0 saturated carbocycles. The molecule has 182 valence electrons. The van der Waals surface area contributed by atoms with E-state index in [-0.39, 0.29) is 36.5 Å². The summed E-state index contributed by atoms with van der Waals surface area (Å²) < 4.78 is 45.7. The molecular weight excluding hydrogens is 453 g/mol. The predicted molar refractivity (Wildman–Crippen MR) is 119 cm³/mol. The molecule has 0 aliphatic carbocycles. The van der Waals surface area contributed by atoms with Crippen molar-refractivity contribution in [2.24, 2.45) is 0 Å². The molecule has 1 aliphatic rings. The Morgan fingerprint density at radius 1 is 1.18 bits per heavy atom. The first-order chi connectivity index (χ1) is 16.2. The standard InChI is InChI=1S/C22H25F3N6O3/c1-15(31-6-3-17-18(31)2-5-26-20(17)33)14-34-11-4-19(32)29-7-9-30(10-8-29)21-27-12-16(13-28-21)22(23,24)25/h2-3,5-6,12-13,15H,4,7-11,14H2,1H3,(H,26,33)/t15-/m0/s1. The fourth-order valence-corrected chi connectivity index (χ4v) is 3.92. The van der Waals surface area contributed by atoms with Crippen LogP contribution in [0.3, 0.4) is 0 Å². The lowest BCUT2D eigenvalue weighted by Crippen LogP contribution is -2.49. The first kappa shape index (κ1) is 23.7. The van der Waals surface area contributed by atoms with E-state index < -0.39 is 11.7 Å². The number of H-pyrrole nitrogens is 1. The van der Waals surface area contributed by atoms with Crippen molar-refractivity contribution < 1.29 is 22.7 Å². The van der Waals surface area contributed by atoms with Gasteiger partial charge in [-0.2, -0.15) is 13.2 Å². The summed E-state index contributed by atoms with van der Waals surface area (Å²) in [6, 6.07) is 3.59. The molecule has 1 saturated heterocycles. The van der Waals surface area contributed by atoms with E-state index in [1.807, 2.05) is 23.8 Å². The van der Waals surface area contributed by atoms with Gasteiger partial charge in [0.2, 0.25) is 11.9 Å². The van der Waals surface area contributed by atoms with Crippen LogP contribution in [0.2, 0.25) is 0 Å². The Morgan fingerprint density at radius 2 is 1.88 bits per heavy atom. The van der Waals surface area contributed by atoms with Gasteiger partial charge in [-0.15, -0.1) is 0 Å². The van der Waals surface area contributed by atoms with Gasteiger partial charge in [0, 0.05) is 51.0 Å². The molecule has 12 heteroatoms. The molecule has 3 aromatic rings. The van der Waals surface area contributed by atoms with E-state index in [0.717, 1.165) is 17.9 Å². The van der Waals surface area contributed by atoms with E-state index in [1.165, 1.54) is 0 Å². The van der Waals surface area contributed by atoms with Crippen LogP contribution in [0.5, 0.6) is 0 Å². The number of aromatic amines is 1. The second-order valence-corrected chi connectivity index (χ2v) is 8.14. The van der Waals surface area contributed by atoms with Gasteiger partial charge in [-0.05, 0) is 19.1 Å². The predicted octanol–water partition coefficient (Wildman–Crippen LogP) is 2.45. The summed E-state index contributed by atoms with van der Waals surface area (Å²) in [5, 5.41) is 0.616. The van der Waals surface area contributed by atoms with Gasteiger partial charge in [-0.1, -0.05) is 0 Å². The average molecular weight is 478 g/mol. The highest BCUT2D eigenvalue weighted by molar-refractivity contribution is 5.79. The fraction of sp³-hybridized carbons (Fsp3) is 0.455. The Bertz CT molecular complexity index is 1180. The van der Waals surface area contributed by atoms with Crippen molar-refractivity contribution in [3.05, 3.63) is 52.8 Å². The van der Waals surface area contributed by atoms with E-state index in [2.05, 4.69) is 15.0 Å². The summed E-state index contributed by atoms with van der Waals surface area (Å²) in [7, 11) is 0. The van der Waals surface area contributed by atoms with Gasteiger partial charge in [0.25, 0.3) is 5.56 Å². The Kier molecular flexibility index (Phi) is 6.87. The number of halogens is 3. The molecule has 0 spiro atoms. The number of pyridine rings is 1. The van der Waals surface area contributed by atoms with Gasteiger partial charge >= 0.3 is 6.18 Å². The van der Waals surface area contributed by atoms with Crippen molar-refractivity contribution in [3.8, 4) is 0 Å². The SMILES string of the molecule is C[C@@H](COCCC(=O)N1CCN(c2ncc(C(F)(F)F)cn2)CC1)n1ccc2c(=O)[nH]ccc21. The molecule has 3 aromatic heterocycles. The zero-order chi connectivity index (χ0) is 24.3. The number of fused-ring (bicyclic) bond motifs is 1. The molecule has 1 atom stereocenters. The summed E-state index contributed by atoms with van der Waals surface area (Å²) in [5.41, 5.74) is -0.205. The van der Waals surface area contributed by atoms with Crippen molar-refractivity contribution in [3.63, 3.8) is 0 Å². The molecule has 1 aliphatic heterocycles. The number of carbonyl (C=O) groups excluding carboxylic acids is 1. The molecule has 4 heterocycles. The number of carbonyl (C=O) groups is 1. The summed E-state index contributed by atoms with van der Waals surface area (Å²) in [6.07, 6.45) is 0.753. The summed E-state index contributed by atoms with van der Waals surface area (Å²) in [6.45, 7) is 4.38. The lowest BCUT2D eigenvalue weighted by Gasteiger charge is -2.34.